The van der Waals surface area contributed by atoms with Crippen molar-refractivity contribution in [3.63, 3.8) is 0 Å². The number of nitrogens with zero attached hydrogens (tertiary/aromatic N) is 1. The van der Waals surface area contributed by atoms with Crippen LogP contribution in [-0.4, -0.2) is 42.4 Å². The first-order chi connectivity index (χ1) is 8.43. The smallest absolute Gasteiger partial charge is 0.241 e. The van der Waals surface area contributed by atoms with E-state index in [1.54, 1.807) is 4.90 Å². The zero-order valence-electron chi connectivity index (χ0n) is 12.0. The fourth-order valence-electron chi connectivity index (χ4n) is 2.20. The number of hydrogen-bond donors (Lipinski definition) is 2. The summed E-state index contributed by atoms with van der Waals surface area (Å²) in [5.41, 5.74) is 5.71. The summed E-state index contributed by atoms with van der Waals surface area (Å²) in [6.07, 6.45) is 4.52. The fraction of sp³-hybridized carbons (Fsp3) is 0.846. The van der Waals surface area contributed by atoms with Crippen molar-refractivity contribution >= 4 is 24.2 Å². The number of rotatable bonds is 5. The van der Waals surface area contributed by atoms with Gasteiger partial charge in [-0.2, -0.15) is 0 Å². The Morgan fingerprint density at radius 3 is 2.32 bits per heavy atom. The summed E-state index contributed by atoms with van der Waals surface area (Å²) < 4.78 is 0. The van der Waals surface area contributed by atoms with E-state index >= 15 is 0 Å². The summed E-state index contributed by atoms with van der Waals surface area (Å²) in [5.74, 6) is -0.211. The Bertz CT molecular complexity index is 304. The lowest BCUT2D eigenvalue weighted by atomic mass is 10.1. The third-order valence-corrected chi connectivity index (χ3v) is 3.70. The lowest BCUT2D eigenvalue weighted by Gasteiger charge is -2.25. The molecule has 0 spiro atoms. The molecule has 5 nitrogen and oxygen atoms in total. The van der Waals surface area contributed by atoms with E-state index < -0.39 is 6.04 Å². The van der Waals surface area contributed by atoms with E-state index in [0.29, 0.717) is 6.04 Å². The van der Waals surface area contributed by atoms with Crippen LogP contribution in [0.25, 0.3) is 0 Å². The molecular weight excluding hydrogens is 266 g/mol. The Kier molecular flexibility index (Phi) is 8.02. The monoisotopic (exact) mass is 291 g/mol. The zero-order valence-corrected chi connectivity index (χ0v) is 12.8. The molecule has 0 aromatic heterocycles. The number of likely N-dealkylation sites (N-methyl/N-ethyl adjacent to an activating group) is 1. The van der Waals surface area contributed by atoms with Gasteiger partial charge in [-0.1, -0.05) is 26.7 Å². The summed E-state index contributed by atoms with van der Waals surface area (Å²) in [4.78, 5) is 25.3. The van der Waals surface area contributed by atoms with Crippen LogP contribution in [0.4, 0.5) is 0 Å². The molecule has 112 valence electrons. The zero-order chi connectivity index (χ0) is 13.7. The topological polar surface area (TPSA) is 75.4 Å². The fourth-order valence-corrected chi connectivity index (χ4v) is 2.20. The Hall–Kier alpha value is -0.810. The Morgan fingerprint density at radius 2 is 1.84 bits per heavy atom. The number of hydrogen-bond acceptors (Lipinski definition) is 3. The summed E-state index contributed by atoms with van der Waals surface area (Å²) >= 11 is 0. The lowest BCUT2D eigenvalue weighted by molar-refractivity contribution is -0.133. The van der Waals surface area contributed by atoms with Crippen LogP contribution in [-0.2, 0) is 9.59 Å². The van der Waals surface area contributed by atoms with Gasteiger partial charge in [-0.3, -0.25) is 9.59 Å². The van der Waals surface area contributed by atoms with Crippen molar-refractivity contribution < 1.29 is 9.59 Å². The van der Waals surface area contributed by atoms with Crippen molar-refractivity contribution in [3.8, 4) is 0 Å². The highest BCUT2D eigenvalue weighted by molar-refractivity contribution is 5.87. The molecule has 1 atom stereocenters. The second-order valence-electron chi connectivity index (χ2n) is 5.43. The van der Waals surface area contributed by atoms with E-state index in [-0.39, 0.29) is 36.7 Å². The van der Waals surface area contributed by atoms with Crippen LogP contribution in [0.15, 0.2) is 0 Å². The molecule has 0 aromatic carbocycles. The molecule has 0 heterocycles. The SMILES string of the molecule is CC(C)[C@H](N)C(=O)NCC(=O)N(C)C1CCCC1.Cl. The first-order valence-electron chi connectivity index (χ1n) is 6.72. The maximum Gasteiger partial charge on any atom is 0.241 e. The molecule has 1 fully saturated rings. The molecule has 1 aliphatic rings. The average Bonchev–Trinajstić information content (AvgIpc) is 2.87. The Balaban J connectivity index is 0.00000324. The highest BCUT2D eigenvalue weighted by atomic mass is 35.5. The third kappa shape index (κ3) is 5.37. The number of amides is 2. The van der Waals surface area contributed by atoms with Crippen molar-refractivity contribution in [1.29, 1.82) is 0 Å². The van der Waals surface area contributed by atoms with Crippen molar-refractivity contribution in [3.05, 3.63) is 0 Å². The molecule has 0 aromatic rings. The number of nitrogens with one attached hydrogen (secondary N) is 1. The quantitative estimate of drug-likeness (QED) is 0.790. The predicted octanol–water partition coefficient (Wildman–Crippen LogP) is 0.909. The molecule has 0 radical (unpaired) electrons. The predicted molar refractivity (Wildman–Crippen MR) is 78.1 cm³/mol. The van der Waals surface area contributed by atoms with E-state index in [2.05, 4.69) is 5.32 Å². The van der Waals surface area contributed by atoms with E-state index in [1.165, 1.54) is 12.8 Å². The van der Waals surface area contributed by atoms with Crippen molar-refractivity contribution in [2.45, 2.75) is 51.6 Å². The summed E-state index contributed by atoms with van der Waals surface area (Å²) in [7, 11) is 1.81. The molecule has 1 aliphatic carbocycles. The molecule has 0 aliphatic heterocycles. The molecule has 6 heteroatoms. The van der Waals surface area contributed by atoms with Crippen LogP contribution in [0.3, 0.4) is 0 Å². The summed E-state index contributed by atoms with van der Waals surface area (Å²) in [6, 6.07) is -0.206. The van der Waals surface area contributed by atoms with Gasteiger partial charge in [-0.25, -0.2) is 0 Å². The molecule has 0 saturated heterocycles. The minimum Gasteiger partial charge on any atom is -0.346 e. The normalized spacial score (nSPS) is 16.9. The van der Waals surface area contributed by atoms with Crippen LogP contribution in [0, 0.1) is 5.92 Å². The molecule has 1 saturated carbocycles. The van der Waals surface area contributed by atoms with Gasteiger partial charge < -0.3 is 16.0 Å². The van der Waals surface area contributed by atoms with Gasteiger partial charge in [0.2, 0.25) is 11.8 Å². The summed E-state index contributed by atoms with van der Waals surface area (Å²) in [6.45, 7) is 3.82. The van der Waals surface area contributed by atoms with Gasteiger partial charge in [0.25, 0.3) is 0 Å². The van der Waals surface area contributed by atoms with Gasteiger partial charge in [0.1, 0.15) is 0 Å². The average molecular weight is 292 g/mol. The van der Waals surface area contributed by atoms with Gasteiger partial charge in [-0.05, 0) is 18.8 Å². The minimum atomic E-state index is -0.547. The number of halogens is 1. The number of carbonyl (C=O) groups excluding carboxylic acids is 2. The second kappa shape index (κ2) is 8.38. The van der Waals surface area contributed by atoms with Gasteiger partial charge >= 0.3 is 0 Å². The largest absolute Gasteiger partial charge is 0.346 e. The number of carbonyl (C=O) groups is 2. The van der Waals surface area contributed by atoms with Crippen LogP contribution in [0.5, 0.6) is 0 Å². The van der Waals surface area contributed by atoms with E-state index in [1.807, 2.05) is 20.9 Å². The number of nitrogens with two attached hydrogens (primary N) is 1. The molecule has 0 unspecified atom stereocenters. The molecule has 0 bridgehead atoms. The van der Waals surface area contributed by atoms with Crippen LogP contribution < -0.4 is 11.1 Å². The highest BCUT2D eigenvalue weighted by Crippen LogP contribution is 2.22. The molecular formula is C13H26ClN3O2. The molecule has 3 N–H and O–H groups in total. The Morgan fingerprint density at radius 1 is 1.32 bits per heavy atom. The van der Waals surface area contributed by atoms with Gasteiger partial charge in [-0.15, -0.1) is 12.4 Å². The first-order valence-corrected chi connectivity index (χ1v) is 6.72. The van der Waals surface area contributed by atoms with Crippen molar-refractivity contribution in [2.24, 2.45) is 11.7 Å². The van der Waals surface area contributed by atoms with Crippen molar-refractivity contribution in [2.75, 3.05) is 13.6 Å². The van der Waals surface area contributed by atoms with Crippen molar-refractivity contribution in [1.82, 2.24) is 10.2 Å². The third-order valence-electron chi connectivity index (χ3n) is 3.70. The lowest BCUT2D eigenvalue weighted by Crippen LogP contribution is -2.48. The van der Waals surface area contributed by atoms with E-state index in [9.17, 15) is 9.59 Å². The van der Waals surface area contributed by atoms with Gasteiger partial charge in [0.05, 0.1) is 12.6 Å². The molecule has 2 amide bonds. The van der Waals surface area contributed by atoms with Crippen LogP contribution >= 0.6 is 12.4 Å². The van der Waals surface area contributed by atoms with Gasteiger partial charge in [0.15, 0.2) is 0 Å². The maximum atomic E-state index is 11.9. The first kappa shape index (κ1) is 18.2. The minimum absolute atomic E-state index is 0. The highest BCUT2D eigenvalue weighted by Gasteiger charge is 2.24. The summed E-state index contributed by atoms with van der Waals surface area (Å²) in [5, 5.41) is 2.61. The van der Waals surface area contributed by atoms with Crippen LogP contribution in [0.2, 0.25) is 0 Å². The standard InChI is InChI=1S/C13H25N3O2.ClH/c1-9(2)12(14)13(18)15-8-11(17)16(3)10-6-4-5-7-10;/h9-10,12H,4-8,14H2,1-3H3,(H,15,18);1H/t12-;/m0./s1. The maximum absolute atomic E-state index is 11.9. The van der Waals surface area contributed by atoms with Gasteiger partial charge in [0, 0.05) is 13.1 Å². The second-order valence-corrected chi connectivity index (χ2v) is 5.43. The van der Waals surface area contributed by atoms with E-state index in [4.69, 9.17) is 5.73 Å². The van der Waals surface area contributed by atoms with E-state index in [0.717, 1.165) is 12.8 Å². The molecule has 1 rings (SSSR count). The Labute approximate surface area is 121 Å². The molecule has 19 heavy (non-hydrogen) atoms. The van der Waals surface area contributed by atoms with Crippen LogP contribution in [0.1, 0.15) is 39.5 Å².